The number of fused-ring (bicyclic) bond motifs is 1. The molecule has 1 aromatic heterocycles. The number of esters is 1. The lowest BCUT2D eigenvalue weighted by molar-refractivity contribution is -0.131. The van der Waals surface area contributed by atoms with Gasteiger partial charge in [0.15, 0.2) is 0 Å². The fourth-order valence-corrected chi connectivity index (χ4v) is 1.22. The largest absolute Gasteiger partial charge is 0.426 e. The van der Waals surface area contributed by atoms with Gasteiger partial charge in [0.05, 0.1) is 10.9 Å². The van der Waals surface area contributed by atoms with Crippen molar-refractivity contribution >= 4 is 16.9 Å². The lowest BCUT2D eigenvalue weighted by Crippen LogP contribution is -2.01. The number of aromatic nitrogens is 2. The molecule has 0 unspecified atom stereocenters. The topological polar surface area (TPSA) is 52.1 Å². The molecule has 14 heavy (non-hydrogen) atoms. The van der Waals surface area contributed by atoms with Gasteiger partial charge in [-0.1, -0.05) is 6.07 Å². The van der Waals surface area contributed by atoms with Gasteiger partial charge in [0.2, 0.25) is 0 Å². The molecule has 2 aromatic rings. The molecule has 0 fully saturated rings. The fourth-order valence-electron chi connectivity index (χ4n) is 1.22. The van der Waals surface area contributed by atoms with Crippen LogP contribution in [0.5, 0.6) is 5.75 Å². The van der Waals surface area contributed by atoms with Crippen LogP contribution >= 0.6 is 0 Å². The van der Waals surface area contributed by atoms with Crippen LogP contribution in [-0.2, 0) is 4.79 Å². The Morgan fingerprint density at radius 1 is 1.43 bits per heavy atom. The number of carbonyl (C=O) groups excluding carboxylic acids is 1. The second-order valence-corrected chi connectivity index (χ2v) is 2.81. The molecule has 0 saturated carbocycles. The summed E-state index contributed by atoms with van der Waals surface area (Å²) in [7, 11) is 0. The summed E-state index contributed by atoms with van der Waals surface area (Å²) in [6.45, 7) is 1.36. The predicted molar refractivity (Wildman–Crippen MR) is 50.8 cm³/mol. The Morgan fingerprint density at radius 3 is 3.07 bits per heavy atom. The van der Waals surface area contributed by atoms with Crippen LogP contribution in [0.25, 0.3) is 10.9 Å². The minimum Gasteiger partial charge on any atom is -0.426 e. The SMILES string of the molecule is CC(=O)Oc1cccc2ncncc12. The molecule has 0 amide bonds. The van der Waals surface area contributed by atoms with Crippen LogP contribution in [0, 0.1) is 0 Å². The summed E-state index contributed by atoms with van der Waals surface area (Å²) in [4.78, 5) is 18.7. The average molecular weight is 188 g/mol. The minimum absolute atomic E-state index is 0.346. The fraction of sp³-hybridized carbons (Fsp3) is 0.100. The third-order valence-corrected chi connectivity index (χ3v) is 1.76. The van der Waals surface area contributed by atoms with E-state index in [1.165, 1.54) is 13.3 Å². The van der Waals surface area contributed by atoms with Crippen molar-refractivity contribution in [2.24, 2.45) is 0 Å². The van der Waals surface area contributed by atoms with E-state index >= 15 is 0 Å². The van der Waals surface area contributed by atoms with Gasteiger partial charge in [-0.2, -0.15) is 0 Å². The average Bonchev–Trinajstić information content (AvgIpc) is 2.18. The van der Waals surface area contributed by atoms with E-state index < -0.39 is 0 Å². The Morgan fingerprint density at radius 2 is 2.29 bits per heavy atom. The Labute approximate surface area is 80.6 Å². The number of benzene rings is 1. The van der Waals surface area contributed by atoms with Gasteiger partial charge in [-0.15, -0.1) is 0 Å². The first-order chi connectivity index (χ1) is 6.77. The van der Waals surface area contributed by atoms with Crippen molar-refractivity contribution in [3.8, 4) is 5.75 Å². The third kappa shape index (κ3) is 1.54. The van der Waals surface area contributed by atoms with Crippen LogP contribution < -0.4 is 4.74 Å². The molecule has 0 aliphatic rings. The van der Waals surface area contributed by atoms with Crippen molar-refractivity contribution in [1.82, 2.24) is 9.97 Å². The predicted octanol–water partition coefficient (Wildman–Crippen LogP) is 1.56. The van der Waals surface area contributed by atoms with Crippen LogP contribution in [0.1, 0.15) is 6.92 Å². The molecular weight excluding hydrogens is 180 g/mol. The molecule has 0 spiro atoms. The monoisotopic (exact) mass is 188 g/mol. The Bertz CT molecular complexity index is 477. The molecule has 70 valence electrons. The van der Waals surface area contributed by atoms with E-state index in [9.17, 15) is 4.79 Å². The molecule has 0 saturated heterocycles. The standard InChI is InChI=1S/C10H8N2O2/c1-7(13)14-10-4-2-3-9-8(10)5-11-6-12-9/h2-6H,1H3. The molecule has 0 bridgehead atoms. The first-order valence-corrected chi connectivity index (χ1v) is 4.14. The summed E-state index contributed by atoms with van der Waals surface area (Å²) in [5.41, 5.74) is 0.763. The van der Waals surface area contributed by atoms with E-state index in [1.807, 2.05) is 6.07 Å². The molecule has 2 rings (SSSR count). The van der Waals surface area contributed by atoms with Gasteiger partial charge >= 0.3 is 5.97 Å². The van der Waals surface area contributed by atoms with Crippen LogP contribution in [-0.4, -0.2) is 15.9 Å². The number of nitrogens with zero attached hydrogens (tertiary/aromatic N) is 2. The highest BCUT2D eigenvalue weighted by molar-refractivity contribution is 5.86. The molecule has 0 N–H and O–H groups in total. The van der Waals surface area contributed by atoms with E-state index in [2.05, 4.69) is 9.97 Å². The maximum Gasteiger partial charge on any atom is 0.308 e. The van der Waals surface area contributed by atoms with E-state index in [0.29, 0.717) is 5.75 Å². The summed E-state index contributed by atoms with van der Waals surface area (Å²) >= 11 is 0. The van der Waals surface area contributed by atoms with Gasteiger partial charge in [-0.05, 0) is 12.1 Å². The molecule has 4 nitrogen and oxygen atoms in total. The Hall–Kier alpha value is -1.97. The van der Waals surface area contributed by atoms with Gasteiger partial charge in [-0.3, -0.25) is 4.79 Å². The van der Waals surface area contributed by atoms with Gasteiger partial charge < -0.3 is 4.74 Å². The number of ether oxygens (including phenoxy) is 1. The van der Waals surface area contributed by atoms with Crippen molar-refractivity contribution in [2.45, 2.75) is 6.92 Å². The Kier molecular flexibility index (Phi) is 2.10. The number of hydrogen-bond acceptors (Lipinski definition) is 4. The van der Waals surface area contributed by atoms with Crippen LogP contribution in [0.3, 0.4) is 0 Å². The van der Waals surface area contributed by atoms with Gasteiger partial charge in [-0.25, -0.2) is 9.97 Å². The molecule has 0 aliphatic carbocycles. The zero-order chi connectivity index (χ0) is 9.97. The molecule has 1 aromatic carbocycles. The highest BCUT2D eigenvalue weighted by Crippen LogP contribution is 2.22. The lowest BCUT2D eigenvalue weighted by Gasteiger charge is -2.03. The highest BCUT2D eigenvalue weighted by atomic mass is 16.5. The number of rotatable bonds is 1. The lowest BCUT2D eigenvalue weighted by atomic mass is 10.2. The van der Waals surface area contributed by atoms with E-state index in [-0.39, 0.29) is 5.97 Å². The van der Waals surface area contributed by atoms with Crippen molar-refractivity contribution < 1.29 is 9.53 Å². The zero-order valence-electron chi connectivity index (χ0n) is 7.60. The molecule has 0 aliphatic heterocycles. The maximum absolute atomic E-state index is 10.8. The van der Waals surface area contributed by atoms with E-state index in [1.54, 1.807) is 18.3 Å². The molecule has 0 radical (unpaired) electrons. The quantitative estimate of drug-likeness (QED) is 0.503. The first kappa shape index (κ1) is 8.62. The second kappa shape index (κ2) is 3.41. The number of hydrogen-bond donors (Lipinski definition) is 0. The summed E-state index contributed by atoms with van der Waals surface area (Å²) in [6.07, 6.45) is 3.08. The first-order valence-electron chi connectivity index (χ1n) is 4.14. The van der Waals surface area contributed by atoms with Gasteiger partial charge in [0.25, 0.3) is 0 Å². The summed E-state index contributed by atoms with van der Waals surface area (Å²) in [5.74, 6) is 0.150. The van der Waals surface area contributed by atoms with Crippen LogP contribution in [0.15, 0.2) is 30.7 Å². The second-order valence-electron chi connectivity index (χ2n) is 2.81. The highest BCUT2D eigenvalue weighted by Gasteiger charge is 2.04. The summed E-state index contributed by atoms with van der Waals surface area (Å²) in [6, 6.07) is 5.34. The van der Waals surface area contributed by atoms with E-state index in [4.69, 9.17) is 4.74 Å². The minimum atomic E-state index is -0.346. The zero-order valence-corrected chi connectivity index (χ0v) is 7.60. The van der Waals surface area contributed by atoms with Crippen LogP contribution in [0.2, 0.25) is 0 Å². The van der Waals surface area contributed by atoms with Gasteiger partial charge in [0.1, 0.15) is 12.1 Å². The van der Waals surface area contributed by atoms with Crippen LogP contribution in [0.4, 0.5) is 0 Å². The summed E-state index contributed by atoms with van der Waals surface area (Å²) < 4.78 is 5.01. The normalized spacial score (nSPS) is 10.1. The van der Waals surface area contributed by atoms with Gasteiger partial charge in [0, 0.05) is 13.1 Å². The third-order valence-electron chi connectivity index (χ3n) is 1.76. The number of carbonyl (C=O) groups is 1. The summed E-state index contributed by atoms with van der Waals surface area (Å²) in [5, 5.41) is 0.741. The van der Waals surface area contributed by atoms with Crippen molar-refractivity contribution in [2.75, 3.05) is 0 Å². The smallest absolute Gasteiger partial charge is 0.308 e. The molecule has 1 heterocycles. The molecule has 0 atom stereocenters. The molecule has 4 heteroatoms. The maximum atomic E-state index is 10.8. The van der Waals surface area contributed by atoms with Crippen molar-refractivity contribution in [1.29, 1.82) is 0 Å². The van der Waals surface area contributed by atoms with Crippen molar-refractivity contribution in [3.63, 3.8) is 0 Å². The Balaban J connectivity index is 2.59. The van der Waals surface area contributed by atoms with E-state index in [0.717, 1.165) is 10.9 Å². The van der Waals surface area contributed by atoms with Crippen molar-refractivity contribution in [3.05, 3.63) is 30.7 Å². The molecular formula is C10H8N2O2.